The standard InChI is InChI=1S/C17H23N3O/c1-13-9-15(11-18-2)10-17(19-13)20(3)12-14-5-7-16(21-4)8-6-14/h5-10,18H,11-12H2,1-4H3. The Morgan fingerprint density at radius 1 is 1.14 bits per heavy atom. The highest BCUT2D eigenvalue weighted by molar-refractivity contribution is 5.43. The van der Waals surface area contributed by atoms with E-state index in [1.165, 1.54) is 11.1 Å². The average molecular weight is 285 g/mol. The van der Waals surface area contributed by atoms with Crippen molar-refractivity contribution in [1.29, 1.82) is 0 Å². The van der Waals surface area contributed by atoms with Gasteiger partial charge in [-0.05, 0) is 49.4 Å². The van der Waals surface area contributed by atoms with Crippen LogP contribution in [0.1, 0.15) is 16.8 Å². The molecule has 0 bridgehead atoms. The average Bonchev–Trinajstić information content (AvgIpc) is 2.48. The Labute approximate surface area is 126 Å². The zero-order chi connectivity index (χ0) is 15.2. The SMILES string of the molecule is CNCc1cc(C)nc(N(C)Cc2ccc(OC)cc2)c1. The Bertz CT molecular complexity index is 581. The van der Waals surface area contributed by atoms with Crippen LogP contribution >= 0.6 is 0 Å². The van der Waals surface area contributed by atoms with Crippen LogP contribution in [-0.4, -0.2) is 26.2 Å². The zero-order valence-electron chi connectivity index (χ0n) is 13.2. The van der Waals surface area contributed by atoms with Crippen molar-refractivity contribution >= 4 is 5.82 Å². The van der Waals surface area contributed by atoms with Gasteiger partial charge in [-0.2, -0.15) is 0 Å². The van der Waals surface area contributed by atoms with E-state index < -0.39 is 0 Å². The number of methoxy groups -OCH3 is 1. The lowest BCUT2D eigenvalue weighted by Gasteiger charge is -2.20. The molecule has 21 heavy (non-hydrogen) atoms. The highest BCUT2D eigenvalue weighted by Crippen LogP contribution is 2.18. The molecule has 0 spiro atoms. The Hall–Kier alpha value is -2.07. The number of benzene rings is 1. The van der Waals surface area contributed by atoms with Gasteiger partial charge in [-0.15, -0.1) is 0 Å². The monoisotopic (exact) mass is 285 g/mol. The van der Waals surface area contributed by atoms with E-state index in [-0.39, 0.29) is 0 Å². The molecule has 0 aliphatic heterocycles. The first kappa shape index (κ1) is 15.3. The fraction of sp³-hybridized carbons (Fsp3) is 0.353. The molecular weight excluding hydrogens is 262 g/mol. The fourth-order valence-corrected chi connectivity index (χ4v) is 2.31. The minimum absolute atomic E-state index is 0.819. The summed E-state index contributed by atoms with van der Waals surface area (Å²) in [5.74, 6) is 1.88. The summed E-state index contributed by atoms with van der Waals surface area (Å²) in [5, 5.41) is 3.18. The van der Waals surface area contributed by atoms with E-state index in [0.29, 0.717) is 0 Å². The Kier molecular flexibility index (Phi) is 5.17. The summed E-state index contributed by atoms with van der Waals surface area (Å²) in [6.07, 6.45) is 0. The molecule has 112 valence electrons. The number of rotatable bonds is 6. The van der Waals surface area contributed by atoms with Gasteiger partial charge in [0, 0.05) is 25.8 Å². The molecule has 2 aromatic rings. The quantitative estimate of drug-likeness (QED) is 0.885. The topological polar surface area (TPSA) is 37.4 Å². The fourth-order valence-electron chi connectivity index (χ4n) is 2.31. The van der Waals surface area contributed by atoms with Gasteiger partial charge in [0.1, 0.15) is 11.6 Å². The number of ether oxygens (including phenoxy) is 1. The molecule has 1 heterocycles. The number of hydrogen-bond donors (Lipinski definition) is 1. The highest BCUT2D eigenvalue weighted by atomic mass is 16.5. The first-order valence-corrected chi connectivity index (χ1v) is 7.08. The van der Waals surface area contributed by atoms with Gasteiger partial charge in [-0.1, -0.05) is 12.1 Å². The van der Waals surface area contributed by atoms with E-state index in [9.17, 15) is 0 Å². The van der Waals surface area contributed by atoms with Gasteiger partial charge in [0.15, 0.2) is 0 Å². The summed E-state index contributed by atoms with van der Waals surface area (Å²) in [5.41, 5.74) is 3.53. The predicted molar refractivity (Wildman–Crippen MR) is 86.8 cm³/mol. The summed E-state index contributed by atoms with van der Waals surface area (Å²) in [6, 6.07) is 12.4. The lowest BCUT2D eigenvalue weighted by molar-refractivity contribution is 0.414. The molecular formula is C17H23N3O. The van der Waals surface area contributed by atoms with Crippen molar-refractivity contribution in [2.45, 2.75) is 20.0 Å². The van der Waals surface area contributed by atoms with Crippen LogP contribution in [0.15, 0.2) is 36.4 Å². The van der Waals surface area contributed by atoms with Gasteiger partial charge in [0.25, 0.3) is 0 Å². The summed E-state index contributed by atoms with van der Waals surface area (Å²) < 4.78 is 5.18. The number of hydrogen-bond acceptors (Lipinski definition) is 4. The van der Waals surface area contributed by atoms with Crippen LogP contribution in [0.5, 0.6) is 5.75 Å². The molecule has 0 fully saturated rings. The zero-order valence-corrected chi connectivity index (χ0v) is 13.2. The van der Waals surface area contributed by atoms with E-state index in [1.807, 2.05) is 26.1 Å². The Morgan fingerprint density at radius 3 is 2.48 bits per heavy atom. The van der Waals surface area contributed by atoms with Gasteiger partial charge >= 0.3 is 0 Å². The minimum atomic E-state index is 0.819. The van der Waals surface area contributed by atoms with Crippen molar-refractivity contribution in [3.05, 3.63) is 53.2 Å². The van der Waals surface area contributed by atoms with Gasteiger partial charge in [-0.25, -0.2) is 4.98 Å². The maximum Gasteiger partial charge on any atom is 0.129 e. The molecule has 1 aromatic heterocycles. The molecule has 0 saturated heterocycles. The van der Waals surface area contributed by atoms with Crippen LogP contribution < -0.4 is 15.0 Å². The molecule has 0 atom stereocenters. The van der Waals surface area contributed by atoms with Crippen molar-refractivity contribution in [3.8, 4) is 5.75 Å². The third kappa shape index (κ3) is 4.20. The number of nitrogens with one attached hydrogen (secondary N) is 1. The molecule has 1 N–H and O–H groups in total. The van der Waals surface area contributed by atoms with Crippen molar-refractivity contribution in [2.24, 2.45) is 0 Å². The molecule has 1 aromatic carbocycles. The second kappa shape index (κ2) is 7.09. The van der Waals surface area contributed by atoms with E-state index in [1.54, 1.807) is 7.11 Å². The van der Waals surface area contributed by atoms with E-state index >= 15 is 0 Å². The number of aromatic nitrogens is 1. The lowest BCUT2D eigenvalue weighted by atomic mass is 10.2. The third-order valence-electron chi connectivity index (χ3n) is 3.35. The summed E-state index contributed by atoms with van der Waals surface area (Å²) >= 11 is 0. The minimum Gasteiger partial charge on any atom is -0.497 e. The van der Waals surface area contributed by atoms with Crippen molar-refractivity contribution < 1.29 is 4.74 Å². The Balaban J connectivity index is 2.13. The van der Waals surface area contributed by atoms with Gasteiger partial charge in [0.05, 0.1) is 7.11 Å². The first-order valence-electron chi connectivity index (χ1n) is 7.08. The molecule has 4 nitrogen and oxygen atoms in total. The largest absolute Gasteiger partial charge is 0.497 e. The summed E-state index contributed by atoms with van der Waals surface area (Å²) in [4.78, 5) is 6.78. The van der Waals surface area contributed by atoms with Gasteiger partial charge in [-0.3, -0.25) is 0 Å². The van der Waals surface area contributed by atoms with Crippen molar-refractivity contribution in [2.75, 3.05) is 26.1 Å². The van der Waals surface area contributed by atoms with Crippen LogP contribution in [0.25, 0.3) is 0 Å². The number of anilines is 1. The van der Waals surface area contributed by atoms with Crippen LogP contribution in [0.3, 0.4) is 0 Å². The smallest absolute Gasteiger partial charge is 0.129 e. The molecule has 4 heteroatoms. The second-order valence-corrected chi connectivity index (χ2v) is 5.21. The van der Waals surface area contributed by atoms with Crippen LogP contribution in [0, 0.1) is 6.92 Å². The number of pyridine rings is 1. The summed E-state index contributed by atoms with van der Waals surface area (Å²) in [6.45, 7) is 3.70. The normalized spacial score (nSPS) is 10.5. The maximum atomic E-state index is 5.18. The lowest BCUT2D eigenvalue weighted by Crippen LogP contribution is -2.18. The molecule has 2 rings (SSSR count). The van der Waals surface area contributed by atoms with Crippen molar-refractivity contribution in [1.82, 2.24) is 10.3 Å². The highest BCUT2D eigenvalue weighted by Gasteiger charge is 2.06. The van der Waals surface area contributed by atoms with E-state index in [4.69, 9.17) is 4.74 Å². The van der Waals surface area contributed by atoms with Crippen molar-refractivity contribution in [3.63, 3.8) is 0 Å². The van der Waals surface area contributed by atoms with Crippen LogP contribution in [0.4, 0.5) is 5.82 Å². The maximum absolute atomic E-state index is 5.18. The van der Waals surface area contributed by atoms with Crippen LogP contribution in [0.2, 0.25) is 0 Å². The first-order chi connectivity index (χ1) is 10.1. The Morgan fingerprint density at radius 2 is 1.86 bits per heavy atom. The molecule has 0 aliphatic carbocycles. The van der Waals surface area contributed by atoms with E-state index in [2.05, 4.69) is 46.5 Å². The molecule has 0 unspecified atom stereocenters. The second-order valence-electron chi connectivity index (χ2n) is 5.21. The number of aryl methyl sites for hydroxylation is 1. The van der Waals surface area contributed by atoms with Crippen LogP contribution in [-0.2, 0) is 13.1 Å². The molecule has 0 aliphatic rings. The molecule has 0 saturated carbocycles. The predicted octanol–water partition coefficient (Wildman–Crippen LogP) is 2.75. The molecule has 0 amide bonds. The van der Waals surface area contributed by atoms with Gasteiger partial charge in [0.2, 0.25) is 0 Å². The summed E-state index contributed by atoms with van der Waals surface area (Å²) in [7, 11) is 5.70. The van der Waals surface area contributed by atoms with E-state index in [0.717, 1.165) is 30.4 Å². The number of nitrogens with zero attached hydrogens (tertiary/aromatic N) is 2. The molecule has 0 radical (unpaired) electrons. The third-order valence-corrected chi connectivity index (χ3v) is 3.35. The van der Waals surface area contributed by atoms with Gasteiger partial charge < -0.3 is 15.0 Å².